The summed E-state index contributed by atoms with van der Waals surface area (Å²) in [5.41, 5.74) is 7.76. The Morgan fingerprint density at radius 3 is 2.74 bits per heavy atom. The first-order valence-corrected chi connectivity index (χ1v) is 12.2. The second kappa shape index (κ2) is 10.6. The molecule has 0 aliphatic heterocycles. The van der Waals surface area contributed by atoms with Crippen LogP contribution in [0.15, 0.2) is 51.6 Å². The van der Waals surface area contributed by atoms with Crippen molar-refractivity contribution in [3.05, 3.63) is 79.0 Å². The fraction of sp³-hybridized carbons (Fsp3) is 0.375. The molecule has 0 spiro atoms. The lowest BCUT2D eigenvalue weighted by molar-refractivity contribution is 0.0989. The van der Waals surface area contributed by atoms with Crippen molar-refractivity contribution in [2.45, 2.75) is 52.0 Å². The summed E-state index contributed by atoms with van der Waals surface area (Å²) in [6.07, 6.45) is 7.64. The molecule has 0 unspecified atom stereocenters. The first-order chi connectivity index (χ1) is 16.5. The summed E-state index contributed by atoms with van der Waals surface area (Å²) < 4.78 is 5.22. The molecular weight excluding hydrogens is 452 g/mol. The van der Waals surface area contributed by atoms with Crippen molar-refractivity contribution < 1.29 is 4.79 Å². The number of amides is 1. The van der Waals surface area contributed by atoms with Gasteiger partial charge in [0, 0.05) is 6.54 Å². The molecule has 3 aromatic rings. The number of H-pyrrole nitrogens is 1. The molecule has 10 heteroatoms. The minimum Gasteiger partial charge on any atom is -0.383 e. The number of rotatable bonds is 8. The number of nitrogens with two attached hydrogens (primary N) is 1. The number of carbonyl (C=O) groups is 1. The fourth-order valence-corrected chi connectivity index (χ4v) is 4.89. The van der Waals surface area contributed by atoms with Crippen molar-refractivity contribution in [1.29, 1.82) is 0 Å². The second-order valence-electron chi connectivity index (χ2n) is 8.28. The van der Waals surface area contributed by atoms with Gasteiger partial charge in [-0.2, -0.15) is 0 Å². The smallest absolute Gasteiger partial charge is 0.330 e. The zero-order chi connectivity index (χ0) is 24.1. The summed E-state index contributed by atoms with van der Waals surface area (Å²) in [5, 5.41) is 4.05. The lowest BCUT2D eigenvalue weighted by Crippen LogP contribution is -2.42. The van der Waals surface area contributed by atoms with Crippen molar-refractivity contribution >= 4 is 28.9 Å². The largest absolute Gasteiger partial charge is 0.383 e. The summed E-state index contributed by atoms with van der Waals surface area (Å²) in [7, 11) is 0. The van der Waals surface area contributed by atoms with Gasteiger partial charge in [-0.25, -0.2) is 4.79 Å². The number of nitrogens with zero attached hydrogens (tertiary/aromatic N) is 4. The number of benzene rings is 1. The maximum absolute atomic E-state index is 13.7. The number of carbonyl (C=O) groups excluding carboxylic acids is 1. The van der Waals surface area contributed by atoms with Crippen LogP contribution in [0.1, 0.15) is 60.0 Å². The van der Waals surface area contributed by atoms with Gasteiger partial charge in [0.2, 0.25) is 0 Å². The molecule has 0 saturated carbocycles. The highest BCUT2D eigenvalue weighted by atomic mass is 32.1. The third-order valence-electron chi connectivity index (χ3n) is 6.04. The van der Waals surface area contributed by atoms with Crippen LogP contribution >= 0.6 is 11.5 Å². The zero-order valence-electron chi connectivity index (χ0n) is 19.1. The average Bonchev–Trinajstić information content (AvgIpc) is 3.33. The van der Waals surface area contributed by atoms with Crippen molar-refractivity contribution in [2.24, 2.45) is 0 Å². The molecule has 1 amide bonds. The number of nitrogen functional groups attached to an aromatic ring is 1. The molecule has 0 atom stereocenters. The minimum atomic E-state index is -0.687. The SMILES string of the molecule is CCc1nnsc1C(=O)N(CCC1=CCCCC1)c1c(N)n(Cc2ccccc2)c(=O)[nH]c1=O. The Morgan fingerprint density at radius 2 is 2.03 bits per heavy atom. The quantitative estimate of drug-likeness (QED) is 0.477. The van der Waals surface area contributed by atoms with Crippen LogP contribution in [0.4, 0.5) is 11.5 Å². The van der Waals surface area contributed by atoms with E-state index in [2.05, 4.69) is 20.6 Å². The summed E-state index contributed by atoms with van der Waals surface area (Å²) in [6, 6.07) is 9.33. The van der Waals surface area contributed by atoms with Crippen LogP contribution in [-0.4, -0.2) is 31.6 Å². The molecule has 1 aromatic carbocycles. The number of allylic oxidation sites excluding steroid dienone is 1. The van der Waals surface area contributed by atoms with Crippen LogP contribution in [0.25, 0.3) is 0 Å². The molecule has 178 valence electrons. The van der Waals surface area contributed by atoms with Gasteiger partial charge in [0.05, 0.1) is 12.2 Å². The van der Waals surface area contributed by atoms with Crippen LogP contribution in [0, 0.1) is 0 Å². The Bertz CT molecular complexity index is 1310. The molecule has 0 bridgehead atoms. The maximum atomic E-state index is 13.7. The first kappa shape index (κ1) is 23.6. The monoisotopic (exact) mass is 480 g/mol. The van der Waals surface area contributed by atoms with E-state index in [9.17, 15) is 14.4 Å². The van der Waals surface area contributed by atoms with E-state index >= 15 is 0 Å². The predicted octanol–water partition coefficient (Wildman–Crippen LogP) is 3.12. The molecule has 1 aliphatic carbocycles. The van der Waals surface area contributed by atoms with Crippen molar-refractivity contribution in [2.75, 3.05) is 17.2 Å². The summed E-state index contributed by atoms with van der Waals surface area (Å²) in [6.45, 7) is 2.33. The average molecular weight is 481 g/mol. The highest BCUT2D eigenvalue weighted by Crippen LogP contribution is 2.26. The Hall–Kier alpha value is -3.53. The van der Waals surface area contributed by atoms with Gasteiger partial charge >= 0.3 is 5.69 Å². The van der Waals surface area contributed by atoms with Crippen molar-refractivity contribution in [1.82, 2.24) is 19.1 Å². The Kier molecular flexibility index (Phi) is 7.36. The van der Waals surface area contributed by atoms with Gasteiger partial charge in [-0.05, 0) is 55.6 Å². The number of hydrogen-bond acceptors (Lipinski definition) is 7. The molecule has 1 aliphatic rings. The van der Waals surface area contributed by atoms with Gasteiger partial charge in [0.15, 0.2) is 5.69 Å². The van der Waals surface area contributed by atoms with E-state index in [1.54, 1.807) is 0 Å². The molecule has 34 heavy (non-hydrogen) atoms. The highest BCUT2D eigenvalue weighted by molar-refractivity contribution is 7.08. The van der Waals surface area contributed by atoms with Crippen LogP contribution in [0.2, 0.25) is 0 Å². The third-order valence-corrected chi connectivity index (χ3v) is 6.80. The van der Waals surface area contributed by atoms with Gasteiger partial charge < -0.3 is 5.73 Å². The predicted molar refractivity (Wildman–Crippen MR) is 133 cm³/mol. The van der Waals surface area contributed by atoms with Crippen LogP contribution < -0.4 is 21.9 Å². The Morgan fingerprint density at radius 1 is 1.24 bits per heavy atom. The number of hydrogen-bond donors (Lipinski definition) is 2. The molecular formula is C24H28N6O3S. The zero-order valence-corrected chi connectivity index (χ0v) is 19.9. The van der Waals surface area contributed by atoms with Gasteiger partial charge in [-0.1, -0.05) is 53.4 Å². The normalized spacial score (nSPS) is 13.5. The number of aryl methyl sites for hydroxylation is 1. The number of nitrogens with one attached hydrogen (secondary N) is 1. The van der Waals surface area contributed by atoms with E-state index in [0.717, 1.165) is 42.8 Å². The van der Waals surface area contributed by atoms with E-state index in [1.165, 1.54) is 15.0 Å². The topological polar surface area (TPSA) is 127 Å². The molecule has 0 fully saturated rings. The summed E-state index contributed by atoms with van der Waals surface area (Å²) >= 11 is 1.000. The van der Waals surface area contributed by atoms with E-state index in [1.807, 2.05) is 37.3 Å². The highest BCUT2D eigenvalue weighted by Gasteiger charge is 2.28. The number of anilines is 2. The maximum Gasteiger partial charge on any atom is 0.330 e. The fourth-order valence-electron chi connectivity index (χ4n) is 4.19. The lowest BCUT2D eigenvalue weighted by atomic mass is 9.97. The second-order valence-corrected chi connectivity index (χ2v) is 9.04. The van der Waals surface area contributed by atoms with Crippen LogP contribution in [0.5, 0.6) is 0 Å². The van der Waals surface area contributed by atoms with Crippen LogP contribution in [-0.2, 0) is 13.0 Å². The van der Waals surface area contributed by atoms with Gasteiger partial charge in [-0.3, -0.25) is 24.0 Å². The van der Waals surface area contributed by atoms with Crippen molar-refractivity contribution in [3.63, 3.8) is 0 Å². The molecule has 4 rings (SSSR count). The summed E-state index contributed by atoms with van der Waals surface area (Å²) in [5.74, 6) is -0.426. The standard InChI is InChI=1S/C24H28N6O3S/c1-2-18-20(34-28-27-18)23(32)29(14-13-16-9-5-3-6-10-16)19-21(25)30(24(33)26-22(19)31)15-17-11-7-4-8-12-17/h4,7-9,11-12H,2-3,5-6,10,13-15,25H2,1H3,(H,26,31,33). The molecule has 3 N–H and O–H groups in total. The summed E-state index contributed by atoms with van der Waals surface area (Å²) in [4.78, 5) is 43.4. The van der Waals surface area contributed by atoms with E-state index in [0.29, 0.717) is 23.4 Å². The molecule has 9 nitrogen and oxygen atoms in total. The molecule has 0 radical (unpaired) electrons. The van der Waals surface area contributed by atoms with Crippen molar-refractivity contribution in [3.8, 4) is 0 Å². The molecule has 2 aromatic heterocycles. The molecule has 2 heterocycles. The number of aromatic amines is 1. The minimum absolute atomic E-state index is 0.0209. The Labute approximate surface area is 201 Å². The van der Waals surface area contributed by atoms with Gasteiger partial charge in [0.1, 0.15) is 10.7 Å². The van der Waals surface area contributed by atoms with Crippen LogP contribution in [0.3, 0.4) is 0 Å². The number of aromatic nitrogens is 4. The van der Waals surface area contributed by atoms with Gasteiger partial charge in [-0.15, -0.1) is 5.10 Å². The first-order valence-electron chi connectivity index (χ1n) is 11.5. The Balaban J connectivity index is 1.77. The van der Waals surface area contributed by atoms with E-state index in [-0.39, 0.29) is 30.5 Å². The van der Waals surface area contributed by atoms with E-state index in [4.69, 9.17) is 5.73 Å². The van der Waals surface area contributed by atoms with E-state index < -0.39 is 11.2 Å². The lowest BCUT2D eigenvalue weighted by Gasteiger charge is -2.25. The van der Waals surface area contributed by atoms with Gasteiger partial charge in [0.25, 0.3) is 11.5 Å². The molecule has 0 saturated heterocycles. The third kappa shape index (κ3) is 5.01.